The van der Waals surface area contributed by atoms with E-state index in [0.717, 1.165) is 18.2 Å². The first-order valence-electron chi connectivity index (χ1n) is 5.80. The maximum atomic E-state index is 13.2. The predicted molar refractivity (Wildman–Crippen MR) is 74.3 cm³/mol. The molecule has 0 fully saturated rings. The smallest absolute Gasteiger partial charge is 0.416 e. The highest BCUT2D eigenvalue weighted by Gasteiger charge is 2.30. The Morgan fingerprint density at radius 1 is 1.10 bits per heavy atom. The molecule has 0 aliphatic rings. The number of rotatable bonds is 3. The van der Waals surface area contributed by atoms with E-state index in [-0.39, 0.29) is 18.0 Å². The van der Waals surface area contributed by atoms with E-state index in [9.17, 15) is 17.6 Å². The van der Waals surface area contributed by atoms with Crippen molar-refractivity contribution in [2.24, 2.45) is 0 Å². The summed E-state index contributed by atoms with van der Waals surface area (Å²) in [7, 11) is 0. The van der Waals surface area contributed by atoms with E-state index < -0.39 is 17.6 Å². The topological polar surface area (TPSA) is 35.2 Å². The number of nitrogen functional groups attached to an aromatic ring is 1. The SMILES string of the molecule is Nc1cc(C(F)(F)F)ccc1OCc1cc(F)cc(Br)c1. The van der Waals surface area contributed by atoms with Gasteiger partial charge in [-0.25, -0.2) is 4.39 Å². The lowest BCUT2D eigenvalue weighted by atomic mass is 10.2. The summed E-state index contributed by atoms with van der Waals surface area (Å²) in [5.41, 5.74) is 5.09. The van der Waals surface area contributed by atoms with Gasteiger partial charge >= 0.3 is 6.18 Å². The van der Waals surface area contributed by atoms with Crippen molar-refractivity contribution in [2.45, 2.75) is 12.8 Å². The Morgan fingerprint density at radius 3 is 2.38 bits per heavy atom. The third-order valence-electron chi connectivity index (χ3n) is 2.65. The van der Waals surface area contributed by atoms with Crippen molar-refractivity contribution < 1.29 is 22.3 Å². The number of anilines is 1. The summed E-state index contributed by atoms with van der Waals surface area (Å²) < 4.78 is 56.5. The predicted octanol–water partition coefficient (Wildman–Crippen LogP) is 4.77. The van der Waals surface area contributed by atoms with Crippen LogP contribution in [0, 0.1) is 5.82 Å². The van der Waals surface area contributed by atoms with Crippen LogP contribution in [0.1, 0.15) is 11.1 Å². The molecule has 0 aromatic heterocycles. The van der Waals surface area contributed by atoms with Crippen LogP contribution >= 0.6 is 15.9 Å². The van der Waals surface area contributed by atoms with Crippen LogP contribution in [-0.4, -0.2) is 0 Å². The molecule has 2 aromatic rings. The molecule has 7 heteroatoms. The number of nitrogens with two attached hydrogens (primary N) is 1. The molecule has 0 unspecified atom stereocenters. The van der Waals surface area contributed by atoms with Crippen LogP contribution < -0.4 is 10.5 Å². The van der Waals surface area contributed by atoms with Gasteiger partial charge in [0.15, 0.2) is 0 Å². The second-order valence-electron chi connectivity index (χ2n) is 4.32. The maximum absolute atomic E-state index is 13.2. The molecule has 2 aromatic carbocycles. The standard InChI is InChI=1S/C14H10BrF4NO/c15-10-3-8(4-11(16)6-10)7-21-13-2-1-9(5-12(13)20)14(17,18)19/h1-6H,7,20H2. The lowest BCUT2D eigenvalue weighted by Crippen LogP contribution is -2.06. The highest BCUT2D eigenvalue weighted by atomic mass is 79.9. The van der Waals surface area contributed by atoms with Gasteiger partial charge in [-0.3, -0.25) is 0 Å². The minimum absolute atomic E-state index is 0.00801. The summed E-state index contributed by atoms with van der Waals surface area (Å²) in [6.07, 6.45) is -4.46. The fraction of sp³-hybridized carbons (Fsp3) is 0.143. The Morgan fingerprint density at radius 2 is 1.81 bits per heavy atom. The van der Waals surface area contributed by atoms with E-state index in [1.807, 2.05) is 0 Å². The van der Waals surface area contributed by atoms with E-state index in [1.165, 1.54) is 12.1 Å². The largest absolute Gasteiger partial charge is 0.487 e. The molecule has 112 valence electrons. The zero-order valence-corrected chi connectivity index (χ0v) is 12.1. The molecule has 0 aliphatic carbocycles. The summed E-state index contributed by atoms with van der Waals surface area (Å²) in [6, 6.07) is 7.03. The first-order valence-corrected chi connectivity index (χ1v) is 6.59. The minimum atomic E-state index is -4.46. The monoisotopic (exact) mass is 363 g/mol. The second kappa shape index (κ2) is 5.93. The Hall–Kier alpha value is -1.76. The lowest BCUT2D eigenvalue weighted by molar-refractivity contribution is -0.137. The Kier molecular flexibility index (Phi) is 4.41. The zero-order valence-electron chi connectivity index (χ0n) is 10.5. The van der Waals surface area contributed by atoms with Crippen molar-refractivity contribution in [1.82, 2.24) is 0 Å². The van der Waals surface area contributed by atoms with Crippen LogP contribution in [0.5, 0.6) is 5.75 Å². The molecule has 2 nitrogen and oxygen atoms in total. The van der Waals surface area contributed by atoms with Crippen molar-refractivity contribution in [2.75, 3.05) is 5.73 Å². The fourth-order valence-electron chi connectivity index (χ4n) is 1.71. The summed E-state index contributed by atoms with van der Waals surface area (Å²) in [6.45, 7) is -0.00801. The number of hydrogen-bond donors (Lipinski definition) is 1. The third-order valence-corrected chi connectivity index (χ3v) is 3.11. The first-order chi connectivity index (χ1) is 9.75. The van der Waals surface area contributed by atoms with Gasteiger partial charge in [0.05, 0.1) is 11.3 Å². The van der Waals surface area contributed by atoms with Crippen molar-refractivity contribution in [3.63, 3.8) is 0 Å². The Labute approximate surface area is 126 Å². The number of halogens is 5. The first kappa shape index (κ1) is 15.6. The zero-order chi connectivity index (χ0) is 15.6. The Bertz CT molecular complexity index is 638. The molecule has 0 heterocycles. The number of benzene rings is 2. The van der Waals surface area contributed by atoms with Gasteiger partial charge in [0.1, 0.15) is 18.2 Å². The molecule has 0 aliphatic heterocycles. The van der Waals surface area contributed by atoms with E-state index in [1.54, 1.807) is 6.07 Å². The lowest BCUT2D eigenvalue weighted by Gasteiger charge is -2.12. The van der Waals surface area contributed by atoms with Crippen LogP contribution in [0.2, 0.25) is 0 Å². The average molecular weight is 364 g/mol. The van der Waals surface area contributed by atoms with Crippen molar-refractivity contribution in [1.29, 1.82) is 0 Å². The average Bonchev–Trinajstić information content (AvgIpc) is 2.35. The number of hydrogen-bond acceptors (Lipinski definition) is 2. The molecular formula is C14H10BrF4NO. The van der Waals surface area contributed by atoms with Crippen LogP contribution in [0.15, 0.2) is 40.9 Å². The van der Waals surface area contributed by atoms with E-state index in [2.05, 4.69) is 15.9 Å². The van der Waals surface area contributed by atoms with Crippen LogP contribution in [-0.2, 0) is 12.8 Å². The maximum Gasteiger partial charge on any atom is 0.416 e. The third kappa shape index (κ3) is 4.10. The molecule has 0 spiro atoms. The van der Waals surface area contributed by atoms with Crippen LogP contribution in [0.3, 0.4) is 0 Å². The van der Waals surface area contributed by atoms with Gasteiger partial charge in [0.25, 0.3) is 0 Å². The normalized spacial score (nSPS) is 11.5. The van der Waals surface area contributed by atoms with Crippen molar-refractivity contribution in [3.05, 3.63) is 57.8 Å². The van der Waals surface area contributed by atoms with Gasteiger partial charge in [-0.05, 0) is 42.0 Å². The van der Waals surface area contributed by atoms with Gasteiger partial charge < -0.3 is 10.5 Å². The number of alkyl halides is 3. The molecule has 21 heavy (non-hydrogen) atoms. The summed E-state index contributed by atoms with van der Waals surface area (Å²) >= 11 is 3.14. The quantitative estimate of drug-likeness (QED) is 0.629. The molecule has 0 atom stereocenters. The Balaban J connectivity index is 2.13. The van der Waals surface area contributed by atoms with Crippen LogP contribution in [0.4, 0.5) is 23.2 Å². The molecule has 0 saturated carbocycles. The van der Waals surface area contributed by atoms with E-state index >= 15 is 0 Å². The molecule has 0 bridgehead atoms. The molecule has 0 amide bonds. The van der Waals surface area contributed by atoms with Gasteiger partial charge in [-0.15, -0.1) is 0 Å². The molecule has 2 N–H and O–H groups in total. The highest BCUT2D eigenvalue weighted by molar-refractivity contribution is 9.10. The van der Waals surface area contributed by atoms with Crippen LogP contribution in [0.25, 0.3) is 0 Å². The summed E-state index contributed by atoms with van der Waals surface area (Å²) in [4.78, 5) is 0. The van der Waals surface area contributed by atoms with Gasteiger partial charge in [-0.2, -0.15) is 13.2 Å². The van der Waals surface area contributed by atoms with E-state index in [0.29, 0.717) is 10.0 Å². The molecular weight excluding hydrogens is 354 g/mol. The fourth-order valence-corrected chi connectivity index (χ4v) is 2.22. The number of ether oxygens (including phenoxy) is 1. The second-order valence-corrected chi connectivity index (χ2v) is 5.23. The van der Waals surface area contributed by atoms with Crippen molar-refractivity contribution >= 4 is 21.6 Å². The van der Waals surface area contributed by atoms with Gasteiger partial charge in [0, 0.05) is 4.47 Å². The molecule has 0 radical (unpaired) electrons. The summed E-state index contributed by atoms with van der Waals surface area (Å²) in [5, 5.41) is 0. The minimum Gasteiger partial charge on any atom is -0.487 e. The summed E-state index contributed by atoms with van der Waals surface area (Å²) in [5.74, 6) is -0.327. The van der Waals surface area contributed by atoms with E-state index in [4.69, 9.17) is 10.5 Å². The highest BCUT2D eigenvalue weighted by Crippen LogP contribution is 2.34. The van der Waals surface area contributed by atoms with Gasteiger partial charge in [0.2, 0.25) is 0 Å². The van der Waals surface area contributed by atoms with Gasteiger partial charge in [-0.1, -0.05) is 15.9 Å². The molecule has 0 saturated heterocycles. The molecule has 2 rings (SSSR count). The van der Waals surface area contributed by atoms with Crippen molar-refractivity contribution in [3.8, 4) is 5.75 Å².